The molecule has 1 amide bonds. The molecular weight excluding hydrogens is 540 g/mol. The van der Waals surface area contributed by atoms with E-state index in [2.05, 4.69) is 20.6 Å². The minimum absolute atomic E-state index is 0. The van der Waals surface area contributed by atoms with Gasteiger partial charge in [0, 0.05) is 56.0 Å². The highest BCUT2D eigenvalue weighted by Gasteiger charge is 2.40. The first-order valence-corrected chi connectivity index (χ1v) is 12.8. The second-order valence-electron chi connectivity index (χ2n) is 9.60. The van der Waals surface area contributed by atoms with Gasteiger partial charge in [0.1, 0.15) is 5.82 Å². The van der Waals surface area contributed by atoms with Gasteiger partial charge in [-0.3, -0.25) is 24.2 Å². The van der Waals surface area contributed by atoms with E-state index in [4.69, 9.17) is 12.6 Å². The van der Waals surface area contributed by atoms with E-state index in [1.165, 1.54) is 13.2 Å². The molecule has 2 aliphatic heterocycles. The molecule has 7 nitrogen and oxygen atoms in total. The van der Waals surface area contributed by atoms with Gasteiger partial charge in [0.25, 0.3) is 0 Å². The number of ketones is 1. The zero-order valence-corrected chi connectivity index (χ0v) is 23.5. The Kier molecular flexibility index (Phi) is 12.4. The van der Waals surface area contributed by atoms with Gasteiger partial charge in [-0.2, -0.15) is 12.6 Å². The molecule has 11 heteroatoms. The number of likely N-dealkylation sites (tertiary alicyclic amines) is 1. The Hall–Kier alpha value is -1.65. The normalized spacial score (nSPS) is 22.7. The summed E-state index contributed by atoms with van der Waals surface area (Å²) in [6.07, 6.45) is 4.86. The number of carbonyl (C=O) groups is 3. The molecule has 1 saturated carbocycles. The molecular formula is C26H36Cl2FN3O4S. The number of hydrogen-bond donors (Lipinski definition) is 1. The molecule has 3 aliphatic rings. The summed E-state index contributed by atoms with van der Waals surface area (Å²) in [5.74, 6) is -0.516. The van der Waals surface area contributed by atoms with Crippen LogP contribution in [0.2, 0.25) is 0 Å². The van der Waals surface area contributed by atoms with Crippen LogP contribution in [0.25, 0.3) is 0 Å². The number of halogens is 3. The zero-order valence-electron chi connectivity index (χ0n) is 21.0. The molecule has 1 aromatic rings. The molecule has 2 atom stereocenters. The minimum atomic E-state index is -0.576. The van der Waals surface area contributed by atoms with Crippen molar-refractivity contribution in [1.82, 2.24) is 14.7 Å². The summed E-state index contributed by atoms with van der Waals surface area (Å²) in [4.78, 5) is 43.0. The van der Waals surface area contributed by atoms with E-state index in [0.717, 1.165) is 31.4 Å². The third-order valence-corrected chi connectivity index (χ3v) is 7.73. The van der Waals surface area contributed by atoms with Gasteiger partial charge in [0.2, 0.25) is 5.91 Å². The fourth-order valence-electron chi connectivity index (χ4n) is 4.86. The number of benzene rings is 1. The van der Waals surface area contributed by atoms with Gasteiger partial charge in [-0.05, 0) is 30.9 Å². The topological polar surface area (TPSA) is 70.2 Å². The van der Waals surface area contributed by atoms with Crippen LogP contribution in [-0.2, 0) is 19.1 Å². The number of methoxy groups -OCH3 is 1. The van der Waals surface area contributed by atoms with Crippen molar-refractivity contribution in [1.29, 1.82) is 0 Å². The quantitative estimate of drug-likeness (QED) is 0.277. The number of ether oxygens (including phenoxy) is 1. The van der Waals surface area contributed by atoms with Crippen LogP contribution in [0.3, 0.4) is 0 Å². The maximum atomic E-state index is 14.7. The predicted octanol–water partition coefficient (Wildman–Crippen LogP) is 3.33. The number of amides is 1. The number of piperidine rings is 1. The molecule has 1 aromatic carbocycles. The van der Waals surface area contributed by atoms with Crippen LogP contribution in [0.4, 0.5) is 4.39 Å². The third kappa shape index (κ3) is 8.17. The van der Waals surface area contributed by atoms with E-state index in [9.17, 15) is 18.8 Å². The van der Waals surface area contributed by atoms with Crippen LogP contribution in [0, 0.1) is 11.7 Å². The highest BCUT2D eigenvalue weighted by atomic mass is 35.5. The smallest absolute Gasteiger partial charge is 0.307 e. The molecule has 2 saturated heterocycles. The lowest BCUT2D eigenvalue weighted by molar-refractivity contribution is -0.142. The molecule has 3 fully saturated rings. The van der Waals surface area contributed by atoms with Gasteiger partial charge in [0.15, 0.2) is 5.78 Å². The second-order valence-corrected chi connectivity index (χ2v) is 10.2. The fraction of sp³-hybridized carbons (Fsp3) is 0.577. The average Bonchev–Trinajstić information content (AvgIpc) is 3.70. The van der Waals surface area contributed by atoms with Crippen molar-refractivity contribution >= 4 is 55.1 Å². The highest BCUT2D eigenvalue weighted by molar-refractivity contribution is 7.81. The van der Waals surface area contributed by atoms with Crippen LogP contribution >= 0.6 is 37.4 Å². The third-order valence-electron chi connectivity index (χ3n) is 7.14. The average molecular weight is 577 g/mol. The summed E-state index contributed by atoms with van der Waals surface area (Å²) in [7, 11) is 1.34. The van der Waals surface area contributed by atoms with Gasteiger partial charge in [-0.1, -0.05) is 24.3 Å². The van der Waals surface area contributed by atoms with E-state index in [-0.39, 0.29) is 65.9 Å². The van der Waals surface area contributed by atoms with Gasteiger partial charge in [0.05, 0.1) is 26.1 Å². The minimum Gasteiger partial charge on any atom is -0.469 e. The standard InChI is InChI=1S/C26H34FN3O4S.2ClH/c1-34-24(32)10-13-29-15-14-28(17-23(29)31)11-8-19-16-30(12-9-22(19)35)25(26(33)18-6-7-18)20-4-2-3-5-21(20)27;;/h2-5,8,18,22,25,35H,6-7,9-17H2,1H3;2*1H. The Morgan fingerprint density at radius 3 is 2.51 bits per heavy atom. The number of thiol groups is 1. The van der Waals surface area contributed by atoms with Crippen molar-refractivity contribution < 1.29 is 23.5 Å². The fourth-order valence-corrected chi connectivity index (χ4v) is 5.16. The summed E-state index contributed by atoms with van der Waals surface area (Å²) in [6, 6.07) is 6.01. The van der Waals surface area contributed by atoms with Crippen LogP contribution < -0.4 is 0 Å². The molecule has 206 valence electrons. The molecule has 0 radical (unpaired) electrons. The summed E-state index contributed by atoms with van der Waals surface area (Å²) >= 11 is 4.77. The first kappa shape index (κ1) is 31.6. The second kappa shape index (κ2) is 14.5. The van der Waals surface area contributed by atoms with Crippen LogP contribution in [0.1, 0.15) is 37.3 Å². The molecule has 2 unspecified atom stereocenters. The predicted molar refractivity (Wildman–Crippen MR) is 148 cm³/mol. The summed E-state index contributed by atoms with van der Waals surface area (Å²) < 4.78 is 19.4. The Bertz CT molecular complexity index is 994. The number of carbonyl (C=O) groups excluding carboxylic acids is 3. The molecule has 1 aliphatic carbocycles. The monoisotopic (exact) mass is 575 g/mol. The molecule has 37 heavy (non-hydrogen) atoms. The Morgan fingerprint density at radius 2 is 1.86 bits per heavy atom. The number of Topliss-reactive ketones (excluding diaryl/α,β-unsaturated/α-hetero) is 1. The van der Waals surface area contributed by atoms with Crippen LogP contribution in [-0.4, -0.2) is 90.5 Å². The van der Waals surface area contributed by atoms with Crippen LogP contribution in [0.15, 0.2) is 35.9 Å². The summed E-state index contributed by atoms with van der Waals surface area (Å²) in [6.45, 7) is 3.80. The van der Waals surface area contributed by atoms with E-state index in [0.29, 0.717) is 44.8 Å². The molecule has 0 N–H and O–H groups in total. The molecule has 0 spiro atoms. The van der Waals surface area contributed by atoms with Crippen molar-refractivity contribution in [2.24, 2.45) is 5.92 Å². The van der Waals surface area contributed by atoms with Crippen molar-refractivity contribution in [3.8, 4) is 0 Å². The molecule has 4 rings (SSSR count). The SMILES string of the molecule is COC(=O)CCN1CCN(CC=C2CN(C(C(=O)C3CC3)c3ccccc3F)CCC2S)CC1=O.Cl.Cl. The van der Waals surface area contributed by atoms with Gasteiger partial charge >= 0.3 is 5.97 Å². The highest BCUT2D eigenvalue weighted by Crippen LogP contribution is 2.39. The lowest BCUT2D eigenvalue weighted by Crippen LogP contribution is -2.50. The van der Waals surface area contributed by atoms with Crippen molar-refractivity contribution in [2.75, 3.05) is 52.9 Å². The van der Waals surface area contributed by atoms with E-state index >= 15 is 0 Å². The maximum absolute atomic E-state index is 14.7. The van der Waals surface area contributed by atoms with Crippen molar-refractivity contribution in [3.05, 3.63) is 47.3 Å². The van der Waals surface area contributed by atoms with Gasteiger partial charge < -0.3 is 9.64 Å². The Morgan fingerprint density at radius 1 is 1.14 bits per heavy atom. The van der Waals surface area contributed by atoms with Gasteiger partial charge in [-0.25, -0.2) is 4.39 Å². The van der Waals surface area contributed by atoms with E-state index < -0.39 is 6.04 Å². The van der Waals surface area contributed by atoms with Gasteiger partial charge in [-0.15, -0.1) is 24.8 Å². The van der Waals surface area contributed by atoms with E-state index in [1.54, 1.807) is 23.1 Å². The van der Waals surface area contributed by atoms with E-state index in [1.807, 2.05) is 0 Å². The number of hydrogen-bond acceptors (Lipinski definition) is 7. The lowest BCUT2D eigenvalue weighted by Gasteiger charge is -2.38. The molecule has 0 bridgehead atoms. The lowest BCUT2D eigenvalue weighted by atomic mass is 9.93. The van der Waals surface area contributed by atoms with Crippen molar-refractivity contribution in [2.45, 2.75) is 37.0 Å². The zero-order chi connectivity index (χ0) is 24.9. The first-order valence-electron chi connectivity index (χ1n) is 12.3. The largest absolute Gasteiger partial charge is 0.469 e. The Labute approximate surface area is 236 Å². The first-order chi connectivity index (χ1) is 16.9. The summed E-state index contributed by atoms with van der Waals surface area (Å²) in [5, 5.41) is 0.0700. The van der Waals surface area contributed by atoms with Crippen molar-refractivity contribution in [3.63, 3.8) is 0 Å². The number of nitrogens with zero attached hydrogens (tertiary/aromatic N) is 3. The number of piperazine rings is 1. The molecule has 2 heterocycles. The Balaban J connectivity index is 0.00000241. The maximum Gasteiger partial charge on any atom is 0.307 e. The number of rotatable bonds is 9. The number of esters is 1. The van der Waals surface area contributed by atoms with Crippen LogP contribution in [0.5, 0.6) is 0 Å². The summed E-state index contributed by atoms with van der Waals surface area (Å²) in [5.41, 5.74) is 1.56. The molecule has 0 aromatic heterocycles.